The van der Waals surface area contributed by atoms with E-state index in [1.165, 1.54) is 5.56 Å². The van der Waals surface area contributed by atoms with Crippen molar-refractivity contribution in [1.82, 2.24) is 19.6 Å². The molecular formula is C13H12N4S. The van der Waals surface area contributed by atoms with Crippen molar-refractivity contribution >= 4 is 17.4 Å². The Bertz CT molecular complexity index is 636. The van der Waals surface area contributed by atoms with E-state index in [-0.39, 0.29) is 0 Å². The second-order valence-electron chi connectivity index (χ2n) is 3.87. The van der Waals surface area contributed by atoms with Crippen LogP contribution in [-0.2, 0) is 6.42 Å². The van der Waals surface area contributed by atoms with Crippen LogP contribution in [0.5, 0.6) is 0 Å². The van der Waals surface area contributed by atoms with Gasteiger partial charge in [0, 0.05) is 24.3 Å². The second-order valence-corrected chi connectivity index (χ2v) is 4.93. The lowest BCUT2D eigenvalue weighted by atomic mass is 10.2. The van der Waals surface area contributed by atoms with Crippen LogP contribution >= 0.6 is 11.8 Å². The van der Waals surface area contributed by atoms with Crippen LogP contribution in [0.1, 0.15) is 5.56 Å². The summed E-state index contributed by atoms with van der Waals surface area (Å²) >= 11 is 1.72. The summed E-state index contributed by atoms with van der Waals surface area (Å²) in [5.74, 6) is 0.986. The van der Waals surface area contributed by atoms with Crippen molar-refractivity contribution in [3.8, 4) is 0 Å². The van der Waals surface area contributed by atoms with Crippen molar-refractivity contribution in [2.45, 2.75) is 11.6 Å². The first-order valence-corrected chi connectivity index (χ1v) is 6.73. The molecule has 0 aliphatic rings. The predicted octanol–water partition coefficient (Wildman–Crippen LogP) is 2.46. The molecule has 0 atom stereocenters. The van der Waals surface area contributed by atoms with Crippen LogP contribution in [-0.4, -0.2) is 25.3 Å². The first kappa shape index (κ1) is 11.2. The summed E-state index contributed by atoms with van der Waals surface area (Å²) in [7, 11) is 0. The molecule has 0 spiro atoms. The number of aryl methyl sites for hydroxylation is 1. The number of pyridine rings is 2. The molecule has 0 fully saturated rings. The van der Waals surface area contributed by atoms with E-state index < -0.39 is 0 Å². The Kier molecular flexibility index (Phi) is 3.23. The maximum absolute atomic E-state index is 4.19. The van der Waals surface area contributed by atoms with Crippen molar-refractivity contribution in [1.29, 1.82) is 0 Å². The van der Waals surface area contributed by atoms with Crippen molar-refractivity contribution < 1.29 is 0 Å². The molecule has 18 heavy (non-hydrogen) atoms. The summed E-state index contributed by atoms with van der Waals surface area (Å²) in [5.41, 5.74) is 2.19. The number of rotatable bonds is 4. The highest BCUT2D eigenvalue weighted by molar-refractivity contribution is 7.99. The van der Waals surface area contributed by atoms with E-state index in [1.54, 1.807) is 11.8 Å². The number of thioether (sulfide) groups is 1. The largest absolute Gasteiger partial charge is 0.277 e. The standard InChI is InChI=1S/C13H12N4S/c1-2-9-17-12(3-1)15-16-13(17)18-10-6-11-4-7-14-8-5-11/h1-5,7-9H,6,10H2. The zero-order chi connectivity index (χ0) is 12.2. The zero-order valence-corrected chi connectivity index (χ0v) is 10.5. The Morgan fingerprint density at radius 3 is 2.83 bits per heavy atom. The first-order chi connectivity index (χ1) is 8.93. The van der Waals surface area contributed by atoms with Crippen LogP contribution in [0.2, 0.25) is 0 Å². The van der Waals surface area contributed by atoms with Gasteiger partial charge in [-0.15, -0.1) is 10.2 Å². The van der Waals surface area contributed by atoms with Gasteiger partial charge in [-0.25, -0.2) is 0 Å². The summed E-state index contributed by atoms with van der Waals surface area (Å²) < 4.78 is 2.01. The molecule has 3 rings (SSSR count). The Morgan fingerprint density at radius 2 is 1.94 bits per heavy atom. The highest BCUT2D eigenvalue weighted by Gasteiger charge is 2.04. The fourth-order valence-corrected chi connectivity index (χ4v) is 2.64. The monoisotopic (exact) mass is 256 g/mol. The number of hydrogen-bond donors (Lipinski definition) is 0. The Morgan fingerprint density at radius 1 is 1.06 bits per heavy atom. The molecule has 0 unspecified atom stereocenters. The lowest BCUT2D eigenvalue weighted by molar-refractivity contribution is 0.919. The molecule has 0 aliphatic carbocycles. The van der Waals surface area contributed by atoms with Crippen molar-refractivity contribution in [3.05, 3.63) is 54.5 Å². The third-order valence-electron chi connectivity index (χ3n) is 2.65. The molecule has 0 saturated heterocycles. The number of hydrogen-bond acceptors (Lipinski definition) is 4. The van der Waals surface area contributed by atoms with E-state index in [9.17, 15) is 0 Å². The van der Waals surface area contributed by atoms with Gasteiger partial charge in [-0.1, -0.05) is 17.8 Å². The van der Waals surface area contributed by atoms with E-state index >= 15 is 0 Å². The van der Waals surface area contributed by atoms with Gasteiger partial charge in [-0.3, -0.25) is 9.38 Å². The Hall–Kier alpha value is -1.88. The molecular weight excluding hydrogens is 244 g/mol. The number of fused-ring (bicyclic) bond motifs is 1. The fourth-order valence-electron chi connectivity index (χ4n) is 1.73. The van der Waals surface area contributed by atoms with Gasteiger partial charge in [-0.2, -0.15) is 0 Å². The highest BCUT2D eigenvalue weighted by atomic mass is 32.2. The zero-order valence-electron chi connectivity index (χ0n) is 9.73. The van der Waals surface area contributed by atoms with Gasteiger partial charge >= 0.3 is 0 Å². The van der Waals surface area contributed by atoms with Gasteiger partial charge in [-0.05, 0) is 36.2 Å². The first-order valence-electron chi connectivity index (χ1n) is 5.75. The van der Waals surface area contributed by atoms with E-state index in [0.29, 0.717) is 0 Å². The van der Waals surface area contributed by atoms with Gasteiger partial charge in [0.1, 0.15) is 0 Å². The molecule has 4 nitrogen and oxygen atoms in total. The third kappa shape index (κ3) is 2.36. The van der Waals surface area contributed by atoms with Gasteiger partial charge in [0.2, 0.25) is 0 Å². The molecule has 0 aromatic carbocycles. The molecule has 0 N–H and O–H groups in total. The summed E-state index contributed by atoms with van der Waals surface area (Å²) in [4.78, 5) is 4.01. The van der Waals surface area contributed by atoms with Gasteiger partial charge in [0.05, 0.1) is 0 Å². The van der Waals surface area contributed by atoms with Crippen molar-refractivity contribution in [2.24, 2.45) is 0 Å². The van der Waals surface area contributed by atoms with Gasteiger partial charge in [0.15, 0.2) is 10.8 Å². The lowest BCUT2D eigenvalue weighted by Crippen LogP contribution is -1.91. The summed E-state index contributed by atoms with van der Waals surface area (Å²) in [6.45, 7) is 0. The quantitative estimate of drug-likeness (QED) is 0.673. The topological polar surface area (TPSA) is 43.1 Å². The van der Waals surface area contributed by atoms with Crippen LogP contribution in [0.3, 0.4) is 0 Å². The maximum Gasteiger partial charge on any atom is 0.195 e. The summed E-state index contributed by atoms with van der Waals surface area (Å²) in [6.07, 6.45) is 6.65. The molecule has 3 heterocycles. The van der Waals surface area contributed by atoms with Crippen molar-refractivity contribution in [2.75, 3.05) is 5.75 Å². The van der Waals surface area contributed by atoms with E-state index in [2.05, 4.69) is 15.2 Å². The normalized spacial score (nSPS) is 10.9. The van der Waals surface area contributed by atoms with Crippen LogP contribution in [0, 0.1) is 0 Å². The average molecular weight is 256 g/mol. The molecule has 3 aromatic heterocycles. The molecule has 0 amide bonds. The molecule has 90 valence electrons. The molecule has 0 saturated carbocycles. The van der Waals surface area contributed by atoms with E-state index in [0.717, 1.165) is 23.0 Å². The fraction of sp³-hybridized carbons (Fsp3) is 0.154. The van der Waals surface area contributed by atoms with Crippen LogP contribution in [0.4, 0.5) is 0 Å². The Balaban J connectivity index is 1.67. The molecule has 0 bridgehead atoms. The third-order valence-corrected chi connectivity index (χ3v) is 3.60. The number of nitrogens with zero attached hydrogens (tertiary/aromatic N) is 4. The van der Waals surface area contributed by atoms with Gasteiger partial charge < -0.3 is 0 Å². The summed E-state index contributed by atoms with van der Waals surface area (Å²) in [6, 6.07) is 10.0. The minimum absolute atomic E-state index is 0.893. The molecule has 0 aliphatic heterocycles. The highest BCUT2D eigenvalue weighted by Crippen LogP contribution is 2.17. The lowest BCUT2D eigenvalue weighted by Gasteiger charge is -2.00. The van der Waals surface area contributed by atoms with E-state index in [1.807, 2.05) is 53.3 Å². The maximum atomic E-state index is 4.19. The van der Waals surface area contributed by atoms with Gasteiger partial charge in [0.25, 0.3) is 0 Å². The average Bonchev–Trinajstić information content (AvgIpc) is 2.84. The van der Waals surface area contributed by atoms with Crippen LogP contribution in [0.15, 0.2) is 54.1 Å². The number of aromatic nitrogens is 4. The smallest absolute Gasteiger partial charge is 0.195 e. The minimum atomic E-state index is 0.893. The SMILES string of the molecule is c1ccn2c(SCCc3ccncc3)nnc2c1. The van der Waals surface area contributed by atoms with Crippen molar-refractivity contribution in [3.63, 3.8) is 0 Å². The molecule has 5 heteroatoms. The second kappa shape index (κ2) is 5.18. The summed E-state index contributed by atoms with van der Waals surface area (Å²) in [5, 5.41) is 9.26. The predicted molar refractivity (Wildman–Crippen MR) is 71.7 cm³/mol. The molecule has 0 radical (unpaired) electrons. The van der Waals surface area contributed by atoms with E-state index in [4.69, 9.17) is 0 Å². The minimum Gasteiger partial charge on any atom is -0.277 e. The Labute approximate surface area is 109 Å². The molecule has 3 aromatic rings. The van der Waals surface area contributed by atoms with Crippen LogP contribution < -0.4 is 0 Å². The van der Waals surface area contributed by atoms with Crippen LogP contribution in [0.25, 0.3) is 5.65 Å².